The first-order chi connectivity index (χ1) is 10.5. The molecule has 0 aromatic carbocycles. The highest BCUT2D eigenvalue weighted by Gasteiger charge is 2.36. The number of allylic oxidation sites excluding steroid dienone is 2. The number of primary amides is 1. The molecule has 5 heteroatoms. The molecular formula is C17H27NO4. The van der Waals surface area contributed by atoms with Gasteiger partial charge in [-0.25, -0.2) is 4.79 Å². The molecule has 0 radical (unpaired) electrons. The van der Waals surface area contributed by atoms with Crippen LogP contribution in [0.5, 0.6) is 0 Å². The molecule has 0 aromatic heterocycles. The topological polar surface area (TPSA) is 70.8 Å². The molecule has 22 heavy (non-hydrogen) atoms. The van der Waals surface area contributed by atoms with Crippen LogP contribution in [0.3, 0.4) is 0 Å². The average Bonchev–Trinajstić information content (AvgIpc) is 3.31. The van der Waals surface area contributed by atoms with E-state index in [1.165, 1.54) is 18.4 Å². The summed E-state index contributed by atoms with van der Waals surface area (Å²) in [6.45, 7) is 4.16. The second-order valence-electron chi connectivity index (χ2n) is 6.34. The van der Waals surface area contributed by atoms with Crippen LogP contribution in [-0.4, -0.2) is 32.2 Å². The fourth-order valence-corrected chi connectivity index (χ4v) is 3.03. The Kier molecular flexibility index (Phi) is 6.03. The van der Waals surface area contributed by atoms with Crippen LogP contribution in [0.25, 0.3) is 0 Å². The van der Waals surface area contributed by atoms with E-state index in [1.807, 2.05) is 13.8 Å². The van der Waals surface area contributed by atoms with Crippen molar-refractivity contribution in [2.24, 2.45) is 17.6 Å². The van der Waals surface area contributed by atoms with Crippen molar-refractivity contribution >= 4 is 6.09 Å². The van der Waals surface area contributed by atoms with Crippen molar-refractivity contribution in [1.82, 2.24) is 0 Å². The summed E-state index contributed by atoms with van der Waals surface area (Å²) in [4.78, 5) is 11.3. The van der Waals surface area contributed by atoms with Gasteiger partial charge < -0.3 is 19.9 Å². The fourth-order valence-electron chi connectivity index (χ4n) is 3.03. The first kappa shape index (κ1) is 17.0. The summed E-state index contributed by atoms with van der Waals surface area (Å²) in [6.07, 6.45) is 7.37. The van der Waals surface area contributed by atoms with Crippen LogP contribution in [0.15, 0.2) is 23.3 Å². The molecule has 2 N–H and O–H groups in total. The van der Waals surface area contributed by atoms with E-state index >= 15 is 0 Å². The fraction of sp³-hybridized carbons (Fsp3) is 0.706. The lowest BCUT2D eigenvalue weighted by Crippen LogP contribution is -2.41. The minimum atomic E-state index is -0.766. The molecule has 1 fully saturated rings. The zero-order chi connectivity index (χ0) is 16.1. The van der Waals surface area contributed by atoms with E-state index in [4.69, 9.17) is 19.9 Å². The van der Waals surface area contributed by atoms with Crippen molar-refractivity contribution in [3.8, 4) is 0 Å². The third kappa shape index (κ3) is 4.34. The minimum absolute atomic E-state index is 0.0950. The summed E-state index contributed by atoms with van der Waals surface area (Å²) < 4.78 is 16.3. The molecule has 0 aliphatic heterocycles. The molecule has 0 bridgehead atoms. The third-order valence-electron chi connectivity index (χ3n) is 4.20. The van der Waals surface area contributed by atoms with E-state index in [0.29, 0.717) is 5.92 Å². The molecule has 1 amide bonds. The number of hydrogen-bond acceptors (Lipinski definition) is 4. The maximum Gasteiger partial charge on any atom is 0.404 e. The Morgan fingerprint density at radius 1 is 1.41 bits per heavy atom. The number of rotatable bonds is 8. The second kappa shape index (κ2) is 7.79. The Labute approximate surface area is 132 Å². The lowest BCUT2D eigenvalue weighted by Gasteiger charge is -2.32. The van der Waals surface area contributed by atoms with Gasteiger partial charge in [-0.15, -0.1) is 0 Å². The third-order valence-corrected chi connectivity index (χ3v) is 4.20. The van der Waals surface area contributed by atoms with Gasteiger partial charge in [-0.05, 0) is 43.1 Å². The summed E-state index contributed by atoms with van der Waals surface area (Å²) in [5.41, 5.74) is 7.84. The summed E-state index contributed by atoms with van der Waals surface area (Å²) in [6, 6.07) is 0. The molecule has 5 nitrogen and oxygen atoms in total. The zero-order valence-electron chi connectivity index (χ0n) is 13.7. The lowest BCUT2D eigenvalue weighted by atomic mass is 9.86. The molecule has 0 unspecified atom stereocenters. The zero-order valence-corrected chi connectivity index (χ0v) is 13.7. The first-order valence-corrected chi connectivity index (χ1v) is 8.00. The van der Waals surface area contributed by atoms with Gasteiger partial charge in [0.25, 0.3) is 0 Å². The number of ether oxygens (including phenoxy) is 3. The van der Waals surface area contributed by atoms with Crippen LogP contribution < -0.4 is 5.73 Å². The minimum Gasteiger partial charge on any atom is -0.443 e. The van der Waals surface area contributed by atoms with E-state index in [-0.39, 0.29) is 18.8 Å². The number of hydrogen-bond donors (Lipinski definition) is 1. The van der Waals surface area contributed by atoms with Gasteiger partial charge in [0.1, 0.15) is 19.0 Å². The van der Waals surface area contributed by atoms with Crippen LogP contribution in [0, 0.1) is 11.8 Å². The largest absolute Gasteiger partial charge is 0.443 e. The van der Waals surface area contributed by atoms with Crippen LogP contribution in [0.2, 0.25) is 0 Å². The number of carbonyl (C=O) groups is 1. The molecule has 0 aromatic rings. The molecule has 2 atom stereocenters. The van der Waals surface area contributed by atoms with Crippen molar-refractivity contribution in [2.45, 2.75) is 51.7 Å². The van der Waals surface area contributed by atoms with Gasteiger partial charge in [0.15, 0.2) is 0 Å². The molecule has 0 spiro atoms. The highest BCUT2D eigenvalue weighted by Crippen LogP contribution is 2.43. The molecule has 0 heterocycles. The predicted octanol–water partition coefficient (Wildman–Crippen LogP) is 3.15. The van der Waals surface area contributed by atoms with Gasteiger partial charge in [0.05, 0.1) is 0 Å². The summed E-state index contributed by atoms with van der Waals surface area (Å²) >= 11 is 0. The number of amides is 1. The Morgan fingerprint density at radius 3 is 2.68 bits per heavy atom. The average molecular weight is 309 g/mol. The van der Waals surface area contributed by atoms with Crippen LogP contribution >= 0.6 is 0 Å². The van der Waals surface area contributed by atoms with Crippen molar-refractivity contribution in [2.75, 3.05) is 13.9 Å². The quantitative estimate of drug-likeness (QED) is 0.699. The van der Waals surface area contributed by atoms with Gasteiger partial charge in [0.2, 0.25) is 0 Å². The molecule has 2 aliphatic rings. The van der Waals surface area contributed by atoms with Gasteiger partial charge >= 0.3 is 6.09 Å². The van der Waals surface area contributed by atoms with Crippen LogP contribution in [-0.2, 0) is 14.2 Å². The van der Waals surface area contributed by atoms with E-state index in [1.54, 1.807) is 7.11 Å². The van der Waals surface area contributed by atoms with E-state index in [9.17, 15) is 4.79 Å². The van der Waals surface area contributed by atoms with Gasteiger partial charge in [0, 0.05) is 7.11 Å². The van der Waals surface area contributed by atoms with E-state index in [2.05, 4.69) is 12.2 Å². The van der Waals surface area contributed by atoms with Gasteiger partial charge in [-0.3, -0.25) is 0 Å². The normalized spacial score (nSPS) is 21.1. The highest BCUT2D eigenvalue weighted by molar-refractivity contribution is 5.65. The molecule has 2 aliphatic carbocycles. The lowest BCUT2D eigenvalue weighted by molar-refractivity contribution is -0.107. The van der Waals surface area contributed by atoms with Crippen molar-refractivity contribution in [3.63, 3.8) is 0 Å². The van der Waals surface area contributed by atoms with Gasteiger partial charge in [-0.1, -0.05) is 31.6 Å². The molecule has 1 saturated carbocycles. The summed E-state index contributed by atoms with van der Waals surface area (Å²) in [7, 11) is 1.59. The predicted molar refractivity (Wildman–Crippen MR) is 84.2 cm³/mol. The Morgan fingerprint density at radius 2 is 2.14 bits per heavy atom. The molecular weight excluding hydrogens is 282 g/mol. The number of nitrogens with two attached hydrogens (primary N) is 1. The van der Waals surface area contributed by atoms with Crippen LogP contribution in [0.1, 0.15) is 39.5 Å². The molecule has 2 rings (SSSR count). The second-order valence-corrected chi connectivity index (χ2v) is 6.34. The molecule has 0 saturated heterocycles. The number of carbonyl (C=O) groups excluding carboxylic acids is 1. The highest BCUT2D eigenvalue weighted by atomic mass is 16.7. The number of methoxy groups -OCH3 is 1. The smallest absolute Gasteiger partial charge is 0.404 e. The Balaban J connectivity index is 2.30. The van der Waals surface area contributed by atoms with E-state index in [0.717, 1.165) is 18.4 Å². The van der Waals surface area contributed by atoms with Crippen LogP contribution in [0.4, 0.5) is 4.79 Å². The van der Waals surface area contributed by atoms with Crippen molar-refractivity contribution < 1.29 is 19.0 Å². The Bertz CT molecular complexity index is 452. The monoisotopic (exact) mass is 309 g/mol. The van der Waals surface area contributed by atoms with Gasteiger partial charge in [-0.2, -0.15) is 0 Å². The SMILES string of the molecule is COCO[C@H](C1=C(C2CC2)CCC=C1)[C@H](OC(N)=O)C(C)C. The van der Waals surface area contributed by atoms with E-state index < -0.39 is 12.2 Å². The maximum absolute atomic E-state index is 11.3. The maximum atomic E-state index is 11.3. The van der Waals surface area contributed by atoms with Crippen molar-refractivity contribution in [3.05, 3.63) is 23.3 Å². The standard InChI is InChI=1S/C17H27NO4/c1-11(2)15(22-17(18)19)16(21-10-20-3)14-7-5-4-6-13(14)12-8-9-12/h5,7,11-12,15-16H,4,6,8-10H2,1-3H3,(H2,18,19)/t15-,16-/m1/s1. The van der Waals surface area contributed by atoms with Crippen molar-refractivity contribution in [1.29, 1.82) is 0 Å². The summed E-state index contributed by atoms with van der Waals surface area (Å²) in [5.74, 6) is 0.757. The first-order valence-electron chi connectivity index (χ1n) is 8.00. The molecule has 124 valence electrons. The summed E-state index contributed by atoms with van der Waals surface area (Å²) in [5, 5.41) is 0. The Hall–Kier alpha value is -1.33.